The molecule has 0 saturated heterocycles. The van der Waals surface area contributed by atoms with Crippen LogP contribution in [0.25, 0.3) is 0 Å². The molecule has 0 bridgehead atoms. The van der Waals surface area contributed by atoms with E-state index in [-0.39, 0.29) is 12.4 Å². The average molecular weight is 130 g/mol. The number of halogens is 1. The van der Waals surface area contributed by atoms with E-state index in [0.29, 0.717) is 5.82 Å². The van der Waals surface area contributed by atoms with Crippen LogP contribution in [-0.4, -0.2) is 6.21 Å². The van der Waals surface area contributed by atoms with Crippen molar-refractivity contribution >= 4 is 6.21 Å². The molecule has 0 aliphatic carbocycles. The molecule has 0 amide bonds. The third-order valence-corrected chi connectivity index (χ3v) is 0.688. The van der Waals surface area contributed by atoms with Crippen molar-refractivity contribution in [2.45, 2.75) is 0 Å². The Morgan fingerprint density at radius 1 is 1.38 bits per heavy atom. The largest absolute Gasteiger partial charge is 1.00 e. The van der Waals surface area contributed by atoms with E-state index in [9.17, 15) is 0 Å². The van der Waals surface area contributed by atoms with Gasteiger partial charge in [0.2, 0.25) is 0 Å². The topological polar surface area (TPSA) is 40.1 Å². The van der Waals surface area contributed by atoms with Crippen LogP contribution in [0.2, 0.25) is 0 Å². The molecule has 2 nitrogen and oxygen atoms in total. The summed E-state index contributed by atoms with van der Waals surface area (Å²) < 4.78 is 0. The highest BCUT2D eigenvalue weighted by Crippen LogP contribution is 1.81. The molecule has 8 heavy (non-hydrogen) atoms. The zero-order chi connectivity index (χ0) is 5.11. The molecule has 0 fully saturated rings. The van der Waals surface area contributed by atoms with Gasteiger partial charge in [-0.3, -0.25) is 5.73 Å². The Kier molecular flexibility index (Phi) is 2.96. The van der Waals surface area contributed by atoms with Crippen LogP contribution in [0.4, 0.5) is 0 Å². The number of hydrogen-bond acceptors (Lipinski definition) is 2. The van der Waals surface area contributed by atoms with Crippen LogP contribution in [0, 0.1) is 0 Å². The summed E-state index contributed by atoms with van der Waals surface area (Å²) in [7, 11) is 0. The Morgan fingerprint density at radius 3 is 2.38 bits per heavy atom. The van der Waals surface area contributed by atoms with E-state index in [0.717, 1.165) is 0 Å². The van der Waals surface area contributed by atoms with Gasteiger partial charge in [-0.05, 0) is 6.08 Å². The third kappa shape index (κ3) is 1.80. The first-order valence-corrected chi connectivity index (χ1v) is 2.06. The van der Waals surface area contributed by atoms with E-state index in [4.69, 9.17) is 5.73 Å². The Balaban J connectivity index is 0.000000490. The van der Waals surface area contributed by atoms with Crippen molar-refractivity contribution in [3.05, 3.63) is 24.0 Å². The molecule has 0 aromatic heterocycles. The predicted octanol–water partition coefficient (Wildman–Crippen LogP) is -3.23. The van der Waals surface area contributed by atoms with Crippen LogP contribution < -0.4 is 23.1 Å². The van der Waals surface area contributed by atoms with E-state index in [1.807, 2.05) is 12.2 Å². The Labute approximate surface area is 54.2 Å². The molecule has 0 saturated carbocycles. The summed E-state index contributed by atoms with van der Waals surface area (Å²) in [5.41, 5.74) is 5.25. The normalized spacial score (nSPS) is 14.8. The zero-order valence-electron chi connectivity index (χ0n) is 4.21. The van der Waals surface area contributed by atoms with Gasteiger partial charge in [0.25, 0.3) is 0 Å². The summed E-state index contributed by atoms with van der Waals surface area (Å²) in [6.07, 6.45) is 7.09. The highest BCUT2D eigenvalue weighted by atomic mass is 35.5. The van der Waals surface area contributed by atoms with E-state index in [2.05, 4.69) is 4.99 Å². The SMILES string of the molecule is NC1=CC=CC=[N+]1.[Cl-]. The quantitative estimate of drug-likeness (QED) is 0.367. The highest BCUT2D eigenvalue weighted by molar-refractivity contribution is 5.72. The van der Waals surface area contributed by atoms with Crippen molar-refractivity contribution in [3.8, 4) is 0 Å². The molecule has 0 atom stereocenters. The van der Waals surface area contributed by atoms with Crippen LogP contribution >= 0.6 is 0 Å². The minimum atomic E-state index is 0. The lowest BCUT2D eigenvalue weighted by Gasteiger charge is -1.78. The second kappa shape index (κ2) is 3.27. The first kappa shape index (κ1) is 7.24. The molecule has 0 aromatic rings. The van der Waals surface area contributed by atoms with Gasteiger partial charge in [0.15, 0.2) is 0 Å². The van der Waals surface area contributed by atoms with Gasteiger partial charge in [0.05, 0.1) is 0 Å². The summed E-state index contributed by atoms with van der Waals surface area (Å²) in [5.74, 6) is 0.572. The van der Waals surface area contributed by atoms with E-state index in [1.54, 1.807) is 12.3 Å². The molecule has 1 aliphatic rings. The fraction of sp³-hybridized carbons (Fsp3) is 0. The second-order valence-electron chi connectivity index (χ2n) is 1.25. The summed E-state index contributed by atoms with van der Waals surface area (Å²) in [5, 5.41) is 0. The summed E-state index contributed by atoms with van der Waals surface area (Å²) in [6.45, 7) is 0. The minimum Gasteiger partial charge on any atom is -1.00 e. The van der Waals surface area contributed by atoms with Crippen LogP contribution in [-0.2, 0) is 0 Å². The standard InChI is InChI=1S/C5H6N2.ClH/c6-5-3-1-2-4-7-5;/h1-4H,6H2;1H/q+1;/p-1. The highest BCUT2D eigenvalue weighted by Gasteiger charge is 1.92. The summed E-state index contributed by atoms with van der Waals surface area (Å²) in [4.78, 5) is 3.76. The smallest absolute Gasteiger partial charge is 0.314 e. The average Bonchev–Trinajstić information content (AvgIpc) is 1.69. The number of aliphatic imine (C=N–C) groups is 1. The Bertz CT molecular complexity index is 147. The number of allylic oxidation sites excluding steroid dienone is 3. The summed E-state index contributed by atoms with van der Waals surface area (Å²) in [6, 6.07) is 0. The van der Waals surface area contributed by atoms with Crippen molar-refractivity contribution in [3.63, 3.8) is 0 Å². The fourth-order valence-corrected chi connectivity index (χ4v) is 0.376. The van der Waals surface area contributed by atoms with Crippen LogP contribution in [0.1, 0.15) is 0 Å². The van der Waals surface area contributed by atoms with Crippen molar-refractivity contribution in [2.75, 3.05) is 0 Å². The van der Waals surface area contributed by atoms with Crippen molar-refractivity contribution in [2.24, 2.45) is 5.73 Å². The number of nitrogens with two attached hydrogens (primary N) is 1. The van der Waals surface area contributed by atoms with Crippen LogP contribution in [0.5, 0.6) is 0 Å². The van der Waals surface area contributed by atoms with Gasteiger partial charge in [0, 0.05) is 6.08 Å². The maximum Gasteiger partial charge on any atom is 0.314 e. The first-order valence-electron chi connectivity index (χ1n) is 2.06. The van der Waals surface area contributed by atoms with Gasteiger partial charge in [-0.1, -0.05) is 11.1 Å². The van der Waals surface area contributed by atoms with E-state index < -0.39 is 0 Å². The third-order valence-electron chi connectivity index (χ3n) is 0.688. The fourth-order valence-electron chi connectivity index (χ4n) is 0.376. The lowest BCUT2D eigenvalue weighted by molar-refractivity contribution is -0.00000160. The molecule has 1 heterocycles. The molecule has 0 unspecified atom stereocenters. The number of rotatable bonds is 0. The lowest BCUT2D eigenvalue weighted by Crippen LogP contribution is -3.00. The predicted molar refractivity (Wildman–Crippen MR) is 29.6 cm³/mol. The molecule has 1 rings (SSSR count). The molecular weight excluding hydrogens is 124 g/mol. The summed E-state index contributed by atoms with van der Waals surface area (Å²) >= 11 is 0. The van der Waals surface area contributed by atoms with Gasteiger partial charge in [-0.25, -0.2) is 0 Å². The first-order chi connectivity index (χ1) is 3.39. The Morgan fingerprint density at radius 2 is 2.12 bits per heavy atom. The van der Waals surface area contributed by atoms with Crippen molar-refractivity contribution in [1.29, 1.82) is 0 Å². The van der Waals surface area contributed by atoms with Crippen molar-refractivity contribution < 1.29 is 12.4 Å². The molecule has 0 aromatic carbocycles. The van der Waals surface area contributed by atoms with Gasteiger partial charge in [-0.2, -0.15) is 0 Å². The molecule has 3 heteroatoms. The van der Waals surface area contributed by atoms with Crippen LogP contribution in [0.3, 0.4) is 0 Å². The molecule has 1 aliphatic heterocycles. The zero-order valence-corrected chi connectivity index (χ0v) is 4.97. The second-order valence-corrected chi connectivity index (χ2v) is 1.25. The van der Waals surface area contributed by atoms with Gasteiger partial charge < -0.3 is 12.4 Å². The van der Waals surface area contributed by atoms with Gasteiger partial charge >= 0.3 is 5.82 Å². The number of nitrogens with zero attached hydrogens (tertiary/aromatic N) is 1. The number of hydrogen-bond donors (Lipinski definition) is 1. The van der Waals surface area contributed by atoms with Gasteiger partial charge in [0.1, 0.15) is 6.21 Å². The van der Waals surface area contributed by atoms with Crippen LogP contribution in [0.15, 0.2) is 24.0 Å². The van der Waals surface area contributed by atoms with Crippen molar-refractivity contribution in [1.82, 2.24) is 4.99 Å². The lowest BCUT2D eigenvalue weighted by atomic mass is 10.4. The monoisotopic (exact) mass is 129 g/mol. The maximum absolute atomic E-state index is 5.25. The van der Waals surface area contributed by atoms with Gasteiger partial charge in [-0.15, -0.1) is 0 Å². The molecule has 0 spiro atoms. The molecular formula is C5H6ClN2. The van der Waals surface area contributed by atoms with E-state index >= 15 is 0 Å². The van der Waals surface area contributed by atoms with E-state index in [1.165, 1.54) is 0 Å². The molecule has 2 N–H and O–H groups in total. The molecule has 43 valence electrons. The molecule has 1 radical (unpaired) electrons. The Hall–Kier alpha value is -0.760. The minimum absolute atomic E-state index is 0. The maximum atomic E-state index is 5.25.